The third-order valence-corrected chi connectivity index (χ3v) is 5.09. The summed E-state index contributed by atoms with van der Waals surface area (Å²) in [6.45, 7) is 2.08. The van der Waals surface area contributed by atoms with Gasteiger partial charge >= 0.3 is 5.97 Å². The van der Waals surface area contributed by atoms with Crippen LogP contribution >= 0.6 is 11.3 Å². The minimum Gasteiger partial charge on any atom is -0.476 e. The van der Waals surface area contributed by atoms with Gasteiger partial charge in [0.05, 0.1) is 5.01 Å². The van der Waals surface area contributed by atoms with E-state index < -0.39 is 5.97 Å². The molecule has 0 spiro atoms. The number of aromatic nitrogens is 1. The van der Waals surface area contributed by atoms with E-state index in [1.807, 2.05) is 0 Å². The quantitative estimate of drug-likeness (QED) is 0.845. The van der Waals surface area contributed by atoms with Crippen molar-refractivity contribution < 1.29 is 9.90 Å². The molecule has 0 amide bonds. The Bertz CT molecular complexity index is 422. The summed E-state index contributed by atoms with van der Waals surface area (Å²) < 4.78 is 0. The molecule has 1 aromatic rings. The second-order valence-electron chi connectivity index (χ2n) is 5.48. The van der Waals surface area contributed by atoms with Crippen molar-refractivity contribution in [3.63, 3.8) is 0 Å². The van der Waals surface area contributed by atoms with Gasteiger partial charge in [0.15, 0.2) is 5.69 Å². The molecule has 4 heteroatoms. The molecule has 0 aromatic carbocycles. The number of carboxylic acid groups (broad SMARTS) is 1. The molecule has 1 aliphatic rings. The lowest BCUT2D eigenvalue weighted by atomic mass is 9.86. The van der Waals surface area contributed by atoms with E-state index in [0.29, 0.717) is 5.69 Å². The van der Waals surface area contributed by atoms with Crippen LogP contribution in [-0.4, -0.2) is 16.1 Å². The van der Waals surface area contributed by atoms with Gasteiger partial charge in [-0.25, -0.2) is 9.78 Å². The Morgan fingerprint density at radius 2 is 2.05 bits per heavy atom. The second-order valence-corrected chi connectivity index (χ2v) is 6.65. The first-order valence-corrected chi connectivity index (χ1v) is 8.24. The number of rotatable bonds is 6. The molecule has 0 saturated heterocycles. The minimum atomic E-state index is -0.872. The average Bonchev–Trinajstić information content (AvgIpc) is 2.81. The van der Waals surface area contributed by atoms with Crippen molar-refractivity contribution in [3.05, 3.63) is 15.6 Å². The van der Waals surface area contributed by atoms with Gasteiger partial charge in [-0.3, -0.25) is 0 Å². The molecule has 0 radical (unpaired) electrons. The van der Waals surface area contributed by atoms with Crippen LogP contribution in [0, 0.1) is 5.92 Å². The average molecular weight is 281 g/mol. The first kappa shape index (κ1) is 14.5. The predicted octanol–water partition coefficient (Wildman–Crippen LogP) is 4.31. The van der Waals surface area contributed by atoms with Gasteiger partial charge < -0.3 is 5.11 Å². The lowest BCUT2D eigenvalue weighted by molar-refractivity contribution is 0.0690. The van der Waals surface area contributed by atoms with Crippen LogP contribution in [0.3, 0.4) is 0 Å². The van der Waals surface area contributed by atoms with Gasteiger partial charge in [-0.2, -0.15) is 0 Å². The fraction of sp³-hybridized carbons (Fsp3) is 0.733. The number of nitrogens with zero attached hydrogens (tertiary/aromatic N) is 1. The second kappa shape index (κ2) is 7.04. The maximum atomic E-state index is 11.2. The molecule has 1 aromatic heterocycles. The van der Waals surface area contributed by atoms with E-state index in [0.717, 1.165) is 35.1 Å². The van der Waals surface area contributed by atoms with Crippen molar-refractivity contribution in [2.45, 2.75) is 64.7 Å². The highest BCUT2D eigenvalue weighted by atomic mass is 32.1. The molecular weight excluding hydrogens is 258 g/mol. The topological polar surface area (TPSA) is 50.2 Å². The molecule has 19 heavy (non-hydrogen) atoms. The number of hydrogen-bond donors (Lipinski definition) is 1. The maximum Gasteiger partial charge on any atom is 0.355 e. The first-order valence-electron chi connectivity index (χ1n) is 7.42. The smallest absolute Gasteiger partial charge is 0.355 e. The van der Waals surface area contributed by atoms with Gasteiger partial charge in [0.25, 0.3) is 0 Å². The van der Waals surface area contributed by atoms with E-state index in [1.54, 1.807) is 11.3 Å². The molecule has 0 atom stereocenters. The van der Waals surface area contributed by atoms with Crippen molar-refractivity contribution in [1.82, 2.24) is 4.98 Å². The van der Waals surface area contributed by atoms with E-state index in [-0.39, 0.29) is 0 Å². The number of hydrogen-bond acceptors (Lipinski definition) is 3. The van der Waals surface area contributed by atoms with Crippen LogP contribution in [-0.2, 0) is 12.8 Å². The van der Waals surface area contributed by atoms with E-state index in [1.165, 1.54) is 38.5 Å². The number of carbonyl (C=O) groups is 1. The summed E-state index contributed by atoms with van der Waals surface area (Å²) in [5.74, 6) is -0.0378. The summed E-state index contributed by atoms with van der Waals surface area (Å²) in [6.07, 6.45) is 10.8. The molecule has 1 saturated carbocycles. The molecule has 1 aliphatic carbocycles. The molecule has 3 nitrogen and oxygen atoms in total. The fourth-order valence-electron chi connectivity index (χ4n) is 2.87. The monoisotopic (exact) mass is 281 g/mol. The lowest BCUT2D eigenvalue weighted by Gasteiger charge is -2.20. The van der Waals surface area contributed by atoms with Gasteiger partial charge in [0.2, 0.25) is 0 Å². The van der Waals surface area contributed by atoms with Gasteiger partial charge in [-0.15, -0.1) is 11.3 Å². The summed E-state index contributed by atoms with van der Waals surface area (Å²) in [4.78, 5) is 16.4. The molecule has 1 fully saturated rings. The molecule has 2 rings (SSSR count). The standard InChI is InChI=1S/C15H23NO2S/c1-2-6-12-14(15(17)18)16-13(19-12)10-9-11-7-4-3-5-8-11/h11H,2-10H2,1H3,(H,17,18). The van der Waals surface area contributed by atoms with E-state index >= 15 is 0 Å². The Morgan fingerprint density at radius 1 is 1.32 bits per heavy atom. The van der Waals surface area contributed by atoms with Gasteiger partial charge in [-0.1, -0.05) is 45.4 Å². The van der Waals surface area contributed by atoms with Crippen LogP contribution in [0.25, 0.3) is 0 Å². The van der Waals surface area contributed by atoms with Crippen LogP contribution in [0.4, 0.5) is 0 Å². The fourth-order valence-corrected chi connectivity index (χ4v) is 4.05. The van der Waals surface area contributed by atoms with Crippen LogP contribution in [0.1, 0.15) is 72.2 Å². The zero-order valence-corrected chi connectivity index (χ0v) is 12.5. The van der Waals surface area contributed by atoms with Crippen molar-refractivity contribution >= 4 is 17.3 Å². The van der Waals surface area contributed by atoms with E-state index in [9.17, 15) is 4.79 Å². The molecule has 1 N–H and O–H groups in total. The zero-order chi connectivity index (χ0) is 13.7. The minimum absolute atomic E-state index is 0.297. The lowest BCUT2D eigenvalue weighted by Crippen LogP contribution is -2.07. The van der Waals surface area contributed by atoms with Crippen molar-refractivity contribution in [1.29, 1.82) is 0 Å². The highest BCUT2D eigenvalue weighted by molar-refractivity contribution is 7.11. The summed E-state index contributed by atoms with van der Waals surface area (Å²) in [5, 5.41) is 10.2. The number of aryl methyl sites for hydroxylation is 2. The number of carboxylic acids is 1. The SMILES string of the molecule is CCCc1sc(CCC2CCCCC2)nc1C(=O)O. The van der Waals surface area contributed by atoms with E-state index in [4.69, 9.17) is 5.11 Å². The van der Waals surface area contributed by atoms with Crippen LogP contribution in [0.5, 0.6) is 0 Å². The molecule has 0 aliphatic heterocycles. The Labute approximate surface area is 119 Å². The summed E-state index contributed by atoms with van der Waals surface area (Å²) in [7, 11) is 0. The Hall–Kier alpha value is -0.900. The van der Waals surface area contributed by atoms with Crippen LogP contribution in [0.15, 0.2) is 0 Å². The summed E-state index contributed by atoms with van der Waals surface area (Å²) in [5.41, 5.74) is 0.297. The number of aromatic carboxylic acids is 1. The molecule has 106 valence electrons. The van der Waals surface area contributed by atoms with Crippen LogP contribution in [0.2, 0.25) is 0 Å². The molecule has 0 bridgehead atoms. The van der Waals surface area contributed by atoms with Gasteiger partial charge in [0, 0.05) is 4.88 Å². The summed E-state index contributed by atoms with van der Waals surface area (Å²) in [6, 6.07) is 0. The van der Waals surface area contributed by atoms with Gasteiger partial charge in [0.1, 0.15) is 0 Å². The molecule has 0 unspecified atom stereocenters. The van der Waals surface area contributed by atoms with E-state index in [2.05, 4.69) is 11.9 Å². The normalized spacial score (nSPS) is 16.7. The Kier molecular flexibility index (Phi) is 5.37. The van der Waals surface area contributed by atoms with Crippen molar-refractivity contribution in [2.24, 2.45) is 5.92 Å². The Morgan fingerprint density at radius 3 is 2.68 bits per heavy atom. The zero-order valence-electron chi connectivity index (χ0n) is 11.7. The molecule has 1 heterocycles. The van der Waals surface area contributed by atoms with Crippen LogP contribution < -0.4 is 0 Å². The number of thiazole rings is 1. The van der Waals surface area contributed by atoms with Crippen molar-refractivity contribution in [3.8, 4) is 0 Å². The molecular formula is C15H23NO2S. The first-order chi connectivity index (χ1) is 9.20. The maximum absolute atomic E-state index is 11.2. The predicted molar refractivity (Wildman–Crippen MR) is 78.0 cm³/mol. The van der Waals surface area contributed by atoms with Gasteiger partial charge in [-0.05, 0) is 25.2 Å². The highest BCUT2D eigenvalue weighted by Gasteiger charge is 2.18. The third kappa shape index (κ3) is 4.03. The highest BCUT2D eigenvalue weighted by Crippen LogP contribution is 2.29. The van der Waals surface area contributed by atoms with Crippen molar-refractivity contribution in [2.75, 3.05) is 0 Å². The summed E-state index contributed by atoms with van der Waals surface area (Å²) >= 11 is 1.61. The largest absolute Gasteiger partial charge is 0.476 e. The Balaban J connectivity index is 1.95. The third-order valence-electron chi connectivity index (χ3n) is 3.91.